The molecule has 2 aromatic carbocycles. The van der Waals surface area contributed by atoms with Crippen molar-refractivity contribution in [3.63, 3.8) is 0 Å². The quantitative estimate of drug-likeness (QED) is 0.512. The van der Waals surface area contributed by atoms with Crippen molar-refractivity contribution in [3.8, 4) is 18.0 Å². The third kappa shape index (κ3) is 3.34. The normalized spacial score (nSPS) is 11.0. The minimum Gasteiger partial charge on any atom is -0.268 e. The Morgan fingerprint density at radius 3 is 2.46 bits per heavy atom. The van der Waals surface area contributed by atoms with E-state index in [-0.39, 0.29) is 5.56 Å². The van der Waals surface area contributed by atoms with E-state index in [1.165, 1.54) is 5.56 Å². The number of rotatable bonds is 3. The number of pyridine rings is 1. The molecule has 0 aliphatic heterocycles. The molecule has 0 aliphatic rings. The number of terminal acetylenes is 1. The Balaban J connectivity index is 1.91. The molecule has 0 N–H and O–H groups in total. The molecule has 0 spiro atoms. The van der Waals surface area contributed by atoms with Gasteiger partial charge in [-0.15, -0.1) is 6.42 Å². The van der Waals surface area contributed by atoms with E-state index in [0.717, 1.165) is 11.1 Å². The van der Waals surface area contributed by atoms with Crippen LogP contribution in [0.25, 0.3) is 28.9 Å². The van der Waals surface area contributed by atoms with Gasteiger partial charge in [0.2, 0.25) is 0 Å². The molecule has 0 saturated carbocycles. The lowest BCUT2D eigenvalue weighted by Gasteiger charge is -2.11. The molecule has 4 rings (SSSR count). The van der Waals surface area contributed by atoms with Crippen molar-refractivity contribution in [1.29, 1.82) is 0 Å². The van der Waals surface area contributed by atoms with Gasteiger partial charge in [-0.3, -0.25) is 9.36 Å². The first-order valence-corrected chi connectivity index (χ1v) is 8.85. The number of hydrogen-bond donors (Lipinski definition) is 0. The largest absolute Gasteiger partial charge is 0.268 e. The monoisotopic (exact) mass is 363 g/mol. The van der Waals surface area contributed by atoms with Crippen molar-refractivity contribution in [2.45, 2.75) is 6.92 Å². The van der Waals surface area contributed by atoms with Crippen molar-refractivity contribution < 1.29 is 0 Å². The Labute approximate surface area is 162 Å². The van der Waals surface area contributed by atoms with Crippen LogP contribution in [0.2, 0.25) is 0 Å². The summed E-state index contributed by atoms with van der Waals surface area (Å²) >= 11 is 0. The maximum atomic E-state index is 13.2. The molecular formula is C24H17N3O. The van der Waals surface area contributed by atoms with Gasteiger partial charge < -0.3 is 0 Å². The van der Waals surface area contributed by atoms with Gasteiger partial charge in [-0.1, -0.05) is 41.8 Å². The number of aryl methyl sites for hydroxylation is 1. The third-order valence-electron chi connectivity index (χ3n) is 4.46. The highest BCUT2D eigenvalue weighted by Crippen LogP contribution is 2.15. The Morgan fingerprint density at radius 2 is 1.75 bits per heavy atom. The fourth-order valence-electron chi connectivity index (χ4n) is 2.95. The Hall–Kier alpha value is -3.97. The van der Waals surface area contributed by atoms with E-state index in [0.29, 0.717) is 22.5 Å². The molecule has 0 fully saturated rings. The summed E-state index contributed by atoms with van der Waals surface area (Å²) < 4.78 is 1.58. The maximum absolute atomic E-state index is 13.2. The lowest BCUT2D eigenvalue weighted by atomic mass is 10.1. The summed E-state index contributed by atoms with van der Waals surface area (Å²) in [5, 5.41) is 0.469. The average Bonchev–Trinajstić information content (AvgIpc) is 2.74. The molecule has 28 heavy (non-hydrogen) atoms. The predicted molar refractivity (Wildman–Crippen MR) is 113 cm³/mol. The maximum Gasteiger partial charge on any atom is 0.267 e. The summed E-state index contributed by atoms with van der Waals surface area (Å²) in [6.45, 7) is 2.04. The van der Waals surface area contributed by atoms with Crippen molar-refractivity contribution in [2.75, 3.05) is 0 Å². The zero-order valence-corrected chi connectivity index (χ0v) is 15.3. The van der Waals surface area contributed by atoms with Gasteiger partial charge in [-0.2, -0.15) is 0 Å². The van der Waals surface area contributed by atoms with Gasteiger partial charge in [0.25, 0.3) is 5.56 Å². The number of aromatic nitrogens is 3. The van der Waals surface area contributed by atoms with Crippen LogP contribution >= 0.6 is 0 Å². The van der Waals surface area contributed by atoms with E-state index >= 15 is 0 Å². The smallest absolute Gasteiger partial charge is 0.267 e. The zero-order valence-electron chi connectivity index (χ0n) is 15.3. The first-order chi connectivity index (χ1) is 13.7. The van der Waals surface area contributed by atoms with Gasteiger partial charge in [0.05, 0.1) is 11.1 Å². The molecule has 0 atom stereocenters. The van der Waals surface area contributed by atoms with Gasteiger partial charge in [-0.05, 0) is 55.0 Å². The summed E-state index contributed by atoms with van der Waals surface area (Å²) in [6.07, 6.45) is 10.8. The van der Waals surface area contributed by atoms with Crippen LogP contribution in [0.15, 0.2) is 71.7 Å². The molecule has 0 amide bonds. The summed E-state index contributed by atoms with van der Waals surface area (Å²) in [6, 6.07) is 18.9. The second-order valence-electron chi connectivity index (χ2n) is 6.42. The zero-order chi connectivity index (χ0) is 19.5. The predicted octanol–water partition coefficient (Wildman–Crippen LogP) is 4.24. The second-order valence-corrected chi connectivity index (χ2v) is 6.42. The molecule has 134 valence electrons. The van der Waals surface area contributed by atoms with Crippen molar-refractivity contribution in [1.82, 2.24) is 14.5 Å². The fourth-order valence-corrected chi connectivity index (χ4v) is 2.95. The molecule has 0 unspecified atom stereocenters. The van der Waals surface area contributed by atoms with Crippen LogP contribution in [0.4, 0.5) is 0 Å². The van der Waals surface area contributed by atoms with Gasteiger partial charge >= 0.3 is 0 Å². The van der Waals surface area contributed by atoms with Crippen LogP contribution < -0.4 is 5.56 Å². The van der Waals surface area contributed by atoms with Crippen LogP contribution in [0.1, 0.15) is 22.5 Å². The molecule has 2 heterocycles. The first-order valence-electron chi connectivity index (χ1n) is 8.85. The topological polar surface area (TPSA) is 47.8 Å². The van der Waals surface area contributed by atoms with Gasteiger partial charge in [0.15, 0.2) is 5.65 Å². The lowest BCUT2D eigenvalue weighted by molar-refractivity contribution is 0.937. The van der Waals surface area contributed by atoms with E-state index in [2.05, 4.69) is 15.9 Å². The van der Waals surface area contributed by atoms with Gasteiger partial charge in [0, 0.05) is 11.8 Å². The van der Waals surface area contributed by atoms with Crippen LogP contribution in [0.5, 0.6) is 0 Å². The molecule has 0 radical (unpaired) electrons. The van der Waals surface area contributed by atoms with E-state index in [9.17, 15) is 4.79 Å². The van der Waals surface area contributed by atoms with Crippen LogP contribution in [0, 0.1) is 19.3 Å². The Morgan fingerprint density at radius 1 is 1.00 bits per heavy atom. The Bertz CT molecular complexity index is 1270. The second kappa shape index (κ2) is 7.34. The number of nitrogens with zero attached hydrogens (tertiary/aromatic N) is 3. The standard InChI is InChI=1S/C24H17N3O/c1-3-18-10-13-20(14-11-18)27-22(15-12-19-8-6-17(2)7-9-19)26-23-21(24(27)28)5-4-16-25-23/h1,4-16H,2H3/b15-12+. The number of fused-ring (bicyclic) bond motifs is 1. The highest BCUT2D eigenvalue weighted by Gasteiger charge is 2.11. The molecular weight excluding hydrogens is 346 g/mol. The minimum absolute atomic E-state index is 0.171. The van der Waals surface area contributed by atoms with Crippen molar-refractivity contribution in [2.24, 2.45) is 0 Å². The lowest BCUT2D eigenvalue weighted by Crippen LogP contribution is -2.22. The first kappa shape index (κ1) is 17.4. The van der Waals surface area contributed by atoms with E-state index in [1.807, 2.05) is 67.6 Å². The van der Waals surface area contributed by atoms with Crippen molar-refractivity contribution >= 4 is 23.2 Å². The van der Waals surface area contributed by atoms with E-state index < -0.39 is 0 Å². The van der Waals surface area contributed by atoms with Crippen LogP contribution in [-0.4, -0.2) is 14.5 Å². The van der Waals surface area contributed by atoms with Crippen LogP contribution in [-0.2, 0) is 0 Å². The van der Waals surface area contributed by atoms with Gasteiger partial charge in [-0.25, -0.2) is 9.97 Å². The SMILES string of the molecule is C#Cc1ccc(-n2c(/C=C/c3ccc(C)cc3)nc3ncccc3c2=O)cc1. The highest BCUT2D eigenvalue weighted by atomic mass is 16.1. The molecule has 4 nitrogen and oxygen atoms in total. The number of benzene rings is 2. The molecule has 0 aliphatic carbocycles. The van der Waals surface area contributed by atoms with Crippen molar-refractivity contribution in [3.05, 3.63) is 99.7 Å². The fraction of sp³-hybridized carbons (Fsp3) is 0.0417. The average molecular weight is 363 g/mol. The molecule has 0 bridgehead atoms. The molecule has 2 aromatic heterocycles. The molecule has 4 heteroatoms. The molecule has 0 saturated heterocycles. The van der Waals surface area contributed by atoms with E-state index in [1.54, 1.807) is 22.9 Å². The highest BCUT2D eigenvalue weighted by molar-refractivity contribution is 5.76. The summed E-state index contributed by atoms with van der Waals surface area (Å²) in [7, 11) is 0. The molecule has 4 aromatic rings. The summed E-state index contributed by atoms with van der Waals surface area (Å²) in [5.74, 6) is 3.09. The minimum atomic E-state index is -0.171. The summed E-state index contributed by atoms with van der Waals surface area (Å²) in [5.41, 5.74) is 3.92. The number of hydrogen-bond acceptors (Lipinski definition) is 3. The van der Waals surface area contributed by atoms with E-state index in [4.69, 9.17) is 6.42 Å². The third-order valence-corrected chi connectivity index (χ3v) is 4.46. The summed E-state index contributed by atoms with van der Waals surface area (Å²) in [4.78, 5) is 22.0. The van der Waals surface area contributed by atoms with Crippen LogP contribution in [0.3, 0.4) is 0 Å². The Kier molecular flexibility index (Phi) is 4.57. The van der Waals surface area contributed by atoms with Gasteiger partial charge in [0.1, 0.15) is 5.82 Å².